The third-order valence-electron chi connectivity index (χ3n) is 3.98. The number of hydrogen-bond acceptors (Lipinski definition) is 4. The van der Waals surface area contributed by atoms with E-state index in [4.69, 9.17) is 9.47 Å². The summed E-state index contributed by atoms with van der Waals surface area (Å²) in [6, 6.07) is 4.20. The number of nitrogens with one attached hydrogen (secondary N) is 2. The van der Waals surface area contributed by atoms with Crippen LogP contribution in [0.1, 0.15) is 11.1 Å². The molecule has 0 saturated carbocycles. The van der Waals surface area contributed by atoms with Gasteiger partial charge in [0, 0.05) is 40.3 Å². The molecule has 6 heteroatoms. The van der Waals surface area contributed by atoms with E-state index in [0.29, 0.717) is 0 Å². The number of ether oxygens (including phenoxy) is 2. The van der Waals surface area contributed by atoms with Gasteiger partial charge in [0.25, 0.3) is 0 Å². The molecule has 1 aliphatic heterocycles. The lowest BCUT2D eigenvalue weighted by atomic mass is 9.99. The monoisotopic (exact) mass is 306 g/mol. The first-order chi connectivity index (χ1) is 10.7. The minimum atomic E-state index is 0.803. The summed E-state index contributed by atoms with van der Waals surface area (Å²) in [6.07, 6.45) is 1.04. The highest BCUT2D eigenvalue weighted by Gasteiger charge is 2.19. The van der Waals surface area contributed by atoms with Gasteiger partial charge in [-0.1, -0.05) is 0 Å². The van der Waals surface area contributed by atoms with Crippen molar-refractivity contribution in [2.45, 2.75) is 13.0 Å². The first kappa shape index (κ1) is 16.4. The van der Waals surface area contributed by atoms with E-state index in [2.05, 4.69) is 32.7 Å². The molecule has 0 spiro atoms. The molecule has 0 amide bonds. The van der Waals surface area contributed by atoms with Crippen LogP contribution in [0.25, 0.3) is 0 Å². The summed E-state index contributed by atoms with van der Waals surface area (Å²) in [5.74, 6) is 2.44. The summed E-state index contributed by atoms with van der Waals surface area (Å²) in [4.78, 5) is 6.55. The Balaban J connectivity index is 1.96. The summed E-state index contributed by atoms with van der Waals surface area (Å²) >= 11 is 0. The number of aliphatic imine (C=N–C) groups is 1. The van der Waals surface area contributed by atoms with Crippen molar-refractivity contribution in [3.63, 3.8) is 0 Å². The zero-order valence-electron chi connectivity index (χ0n) is 13.9. The summed E-state index contributed by atoms with van der Waals surface area (Å²) in [5, 5.41) is 6.31. The number of hydrogen-bond donors (Lipinski definition) is 2. The quantitative estimate of drug-likeness (QED) is 0.624. The van der Waals surface area contributed by atoms with Gasteiger partial charge in [0.1, 0.15) is 0 Å². The third-order valence-corrected chi connectivity index (χ3v) is 3.98. The summed E-state index contributed by atoms with van der Waals surface area (Å²) < 4.78 is 10.8. The molecule has 22 heavy (non-hydrogen) atoms. The molecule has 1 heterocycles. The van der Waals surface area contributed by atoms with Crippen LogP contribution in [0.2, 0.25) is 0 Å². The maximum absolute atomic E-state index is 5.40. The smallest absolute Gasteiger partial charge is 0.190 e. The summed E-state index contributed by atoms with van der Waals surface area (Å²) in [7, 11) is 7.00. The van der Waals surface area contributed by atoms with Gasteiger partial charge in [-0.15, -0.1) is 0 Å². The Hall–Kier alpha value is -1.95. The molecule has 0 radical (unpaired) electrons. The van der Waals surface area contributed by atoms with Crippen molar-refractivity contribution < 1.29 is 9.47 Å². The van der Waals surface area contributed by atoms with Crippen molar-refractivity contribution in [3.8, 4) is 11.5 Å². The second kappa shape index (κ2) is 7.89. The van der Waals surface area contributed by atoms with Gasteiger partial charge < -0.3 is 20.1 Å². The molecule has 0 saturated heterocycles. The zero-order chi connectivity index (χ0) is 15.9. The molecular weight excluding hydrogens is 280 g/mol. The molecule has 1 aromatic rings. The first-order valence-electron chi connectivity index (χ1n) is 7.56. The zero-order valence-corrected chi connectivity index (χ0v) is 13.9. The van der Waals surface area contributed by atoms with Crippen LogP contribution < -0.4 is 20.1 Å². The molecule has 0 aromatic heterocycles. The summed E-state index contributed by atoms with van der Waals surface area (Å²) in [6.45, 7) is 3.85. The van der Waals surface area contributed by atoms with Gasteiger partial charge in [-0.2, -0.15) is 0 Å². The molecule has 2 N–H and O–H groups in total. The molecule has 2 rings (SSSR count). The van der Waals surface area contributed by atoms with E-state index in [0.717, 1.165) is 50.1 Å². The average Bonchev–Trinajstić information content (AvgIpc) is 2.57. The third kappa shape index (κ3) is 3.82. The first-order valence-corrected chi connectivity index (χ1v) is 7.56. The van der Waals surface area contributed by atoms with E-state index in [9.17, 15) is 0 Å². The molecule has 0 bridgehead atoms. The molecule has 6 nitrogen and oxygen atoms in total. The maximum Gasteiger partial charge on any atom is 0.190 e. The highest BCUT2D eigenvalue weighted by atomic mass is 16.5. The van der Waals surface area contributed by atoms with Crippen molar-refractivity contribution in [2.75, 3.05) is 47.9 Å². The number of methoxy groups -OCH3 is 2. The minimum Gasteiger partial charge on any atom is -0.493 e. The fourth-order valence-corrected chi connectivity index (χ4v) is 2.74. The predicted octanol–water partition coefficient (Wildman–Crippen LogP) is 0.857. The number of rotatable bonds is 5. The number of nitrogens with zero attached hydrogens (tertiary/aromatic N) is 2. The Morgan fingerprint density at radius 3 is 2.50 bits per heavy atom. The van der Waals surface area contributed by atoms with Crippen LogP contribution in [-0.4, -0.2) is 58.8 Å². The van der Waals surface area contributed by atoms with Crippen molar-refractivity contribution in [1.82, 2.24) is 15.5 Å². The van der Waals surface area contributed by atoms with E-state index >= 15 is 0 Å². The molecule has 122 valence electrons. The lowest BCUT2D eigenvalue weighted by Crippen LogP contribution is -2.41. The van der Waals surface area contributed by atoms with Gasteiger partial charge in [-0.05, 0) is 29.7 Å². The van der Waals surface area contributed by atoms with E-state index in [1.807, 2.05) is 7.05 Å². The Bertz CT molecular complexity index is 531. The number of guanidine groups is 1. The van der Waals surface area contributed by atoms with Gasteiger partial charge in [0.2, 0.25) is 0 Å². The minimum absolute atomic E-state index is 0.803. The van der Waals surface area contributed by atoms with Gasteiger partial charge in [0.05, 0.1) is 14.2 Å². The topological polar surface area (TPSA) is 58.1 Å². The fourth-order valence-electron chi connectivity index (χ4n) is 2.74. The lowest BCUT2D eigenvalue weighted by molar-refractivity contribution is 0.256. The predicted molar refractivity (Wildman–Crippen MR) is 88.9 cm³/mol. The summed E-state index contributed by atoms with van der Waals surface area (Å²) in [5.41, 5.74) is 2.68. The normalized spacial score (nSPS) is 15.2. The Morgan fingerprint density at radius 2 is 1.91 bits per heavy atom. The molecule has 0 aliphatic carbocycles. The standard InChI is InChI=1S/C16H26N4O2/c1-17-16(18-2)19-6-8-20-7-5-12-9-14(21-3)15(22-4)10-13(12)11-20/h9-10H,5-8,11H2,1-4H3,(H2,17,18,19). The van der Waals surface area contributed by atoms with Crippen molar-refractivity contribution >= 4 is 5.96 Å². The molecule has 1 aromatic carbocycles. The number of fused-ring (bicyclic) bond motifs is 1. The molecule has 0 fully saturated rings. The van der Waals surface area contributed by atoms with Crippen LogP contribution >= 0.6 is 0 Å². The largest absolute Gasteiger partial charge is 0.493 e. The highest BCUT2D eigenvalue weighted by Crippen LogP contribution is 2.33. The number of benzene rings is 1. The lowest BCUT2D eigenvalue weighted by Gasteiger charge is -2.29. The van der Waals surface area contributed by atoms with Crippen molar-refractivity contribution in [2.24, 2.45) is 4.99 Å². The Labute approximate surface area is 132 Å². The van der Waals surface area contributed by atoms with Gasteiger partial charge in [-0.25, -0.2) is 0 Å². The van der Waals surface area contributed by atoms with E-state index in [1.54, 1.807) is 21.3 Å². The van der Waals surface area contributed by atoms with Crippen LogP contribution in [0.15, 0.2) is 17.1 Å². The SMILES string of the molecule is CN=C(NC)NCCN1CCc2cc(OC)c(OC)cc2C1. The fraction of sp³-hybridized carbons (Fsp3) is 0.562. The van der Waals surface area contributed by atoms with Crippen LogP contribution in [0.4, 0.5) is 0 Å². The second-order valence-corrected chi connectivity index (χ2v) is 5.25. The van der Waals surface area contributed by atoms with Crippen LogP contribution in [0, 0.1) is 0 Å². The Kier molecular flexibility index (Phi) is 5.89. The molecule has 0 unspecified atom stereocenters. The van der Waals surface area contributed by atoms with Crippen molar-refractivity contribution in [3.05, 3.63) is 23.3 Å². The van der Waals surface area contributed by atoms with Crippen molar-refractivity contribution in [1.29, 1.82) is 0 Å². The molecule has 0 atom stereocenters. The average molecular weight is 306 g/mol. The van der Waals surface area contributed by atoms with Gasteiger partial charge in [0.15, 0.2) is 17.5 Å². The second-order valence-electron chi connectivity index (χ2n) is 5.25. The van der Waals surface area contributed by atoms with Crippen LogP contribution in [-0.2, 0) is 13.0 Å². The maximum atomic E-state index is 5.40. The van der Waals surface area contributed by atoms with Crippen LogP contribution in [0.3, 0.4) is 0 Å². The van der Waals surface area contributed by atoms with E-state index in [-0.39, 0.29) is 0 Å². The van der Waals surface area contributed by atoms with Gasteiger partial charge >= 0.3 is 0 Å². The highest BCUT2D eigenvalue weighted by molar-refractivity contribution is 5.79. The van der Waals surface area contributed by atoms with E-state index < -0.39 is 0 Å². The van der Waals surface area contributed by atoms with Gasteiger partial charge in [-0.3, -0.25) is 9.89 Å². The Morgan fingerprint density at radius 1 is 1.23 bits per heavy atom. The molecular formula is C16H26N4O2. The molecule has 1 aliphatic rings. The van der Waals surface area contributed by atoms with E-state index in [1.165, 1.54) is 11.1 Å². The van der Waals surface area contributed by atoms with Crippen LogP contribution in [0.5, 0.6) is 11.5 Å².